The molecule has 0 aliphatic rings. The molecule has 0 spiro atoms. The summed E-state index contributed by atoms with van der Waals surface area (Å²) in [5, 5.41) is 4.13. The minimum atomic E-state index is 0.558. The first-order chi connectivity index (χ1) is 9.28. The molecular formula is C13H16N4OS. The molecule has 0 radical (unpaired) electrons. The van der Waals surface area contributed by atoms with Crippen LogP contribution in [0.1, 0.15) is 0 Å². The van der Waals surface area contributed by atoms with E-state index in [-0.39, 0.29) is 0 Å². The van der Waals surface area contributed by atoms with E-state index in [9.17, 15) is 0 Å². The molecule has 0 fully saturated rings. The summed E-state index contributed by atoms with van der Waals surface area (Å²) in [6.45, 7) is 1.23. The monoisotopic (exact) mass is 276 g/mol. The molecule has 1 aromatic carbocycles. The third-order valence-corrected chi connectivity index (χ3v) is 3.05. The number of thioether (sulfide) groups is 1. The van der Waals surface area contributed by atoms with Crippen LogP contribution < -0.4 is 15.8 Å². The fourth-order valence-corrected chi connectivity index (χ4v) is 1.84. The fraction of sp³-hybridized carbons (Fsp3) is 0.231. The summed E-state index contributed by atoms with van der Waals surface area (Å²) in [7, 11) is 0. The average Bonchev–Trinajstić information content (AvgIpc) is 2.46. The van der Waals surface area contributed by atoms with Crippen LogP contribution in [0.15, 0.2) is 41.7 Å². The summed E-state index contributed by atoms with van der Waals surface area (Å²) in [5.74, 6) is 1.61. The van der Waals surface area contributed by atoms with Crippen LogP contribution in [0.2, 0.25) is 0 Å². The van der Waals surface area contributed by atoms with E-state index in [1.165, 1.54) is 0 Å². The number of nitrogens with zero attached hydrogens (tertiary/aromatic N) is 2. The Morgan fingerprint density at radius 1 is 1.26 bits per heavy atom. The summed E-state index contributed by atoms with van der Waals surface area (Å²) >= 11 is 1.59. The predicted octanol–water partition coefficient (Wildman–Crippen LogP) is 2.27. The van der Waals surface area contributed by atoms with Gasteiger partial charge in [0.2, 0.25) is 0 Å². The van der Waals surface area contributed by atoms with Crippen molar-refractivity contribution in [2.24, 2.45) is 0 Å². The molecule has 0 bridgehead atoms. The quantitative estimate of drug-likeness (QED) is 0.365. The lowest BCUT2D eigenvalue weighted by Crippen LogP contribution is -2.12. The summed E-state index contributed by atoms with van der Waals surface area (Å²) in [4.78, 5) is 8.25. The Bertz CT molecular complexity index is 518. The lowest BCUT2D eigenvalue weighted by Gasteiger charge is -2.08. The predicted molar refractivity (Wildman–Crippen MR) is 78.7 cm³/mol. The first kappa shape index (κ1) is 13.5. The number of nitrogens with one attached hydrogen (secondary N) is 1. The van der Waals surface area contributed by atoms with E-state index in [0.717, 1.165) is 22.3 Å². The molecule has 0 aliphatic heterocycles. The van der Waals surface area contributed by atoms with Crippen molar-refractivity contribution in [3.63, 3.8) is 0 Å². The molecule has 0 atom stereocenters. The summed E-state index contributed by atoms with van der Waals surface area (Å²) in [6, 6.07) is 9.25. The van der Waals surface area contributed by atoms with Gasteiger partial charge in [-0.1, -0.05) is 0 Å². The second-order valence-electron chi connectivity index (χ2n) is 3.79. The van der Waals surface area contributed by atoms with Gasteiger partial charge in [-0.3, -0.25) is 0 Å². The number of nitrogen functional groups attached to an aromatic ring is 1. The second-order valence-corrected chi connectivity index (χ2v) is 4.62. The van der Waals surface area contributed by atoms with Crippen molar-refractivity contribution in [2.75, 3.05) is 30.5 Å². The molecule has 0 unspecified atom stereocenters. The summed E-state index contributed by atoms with van der Waals surface area (Å²) in [5.41, 5.74) is 6.33. The number of hydrogen-bond acceptors (Lipinski definition) is 6. The normalized spacial score (nSPS) is 10.2. The Morgan fingerprint density at radius 2 is 2.05 bits per heavy atom. The standard InChI is InChI=1S/C13H16N4OS/c1-19-13-8-12(16-9-17-13)15-6-7-18-11-4-2-10(14)3-5-11/h2-5,8-9H,6-7,14H2,1H3,(H,15,16,17). The maximum Gasteiger partial charge on any atom is 0.130 e. The molecular weight excluding hydrogens is 260 g/mol. The highest BCUT2D eigenvalue weighted by Gasteiger charge is 1.97. The largest absolute Gasteiger partial charge is 0.492 e. The van der Waals surface area contributed by atoms with Gasteiger partial charge in [-0.15, -0.1) is 11.8 Å². The van der Waals surface area contributed by atoms with Gasteiger partial charge in [0, 0.05) is 11.8 Å². The van der Waals surface area contributed by atoms with Crippen LogP contribution in [0, 0.1) is 0 Å². The second kappa shape index (κ2) is 6.84. The van der Waals surface area contributed by atoms with Crippen LogP contribution >= 0.6 is 11.8 Å². The fourth-order valence-electron chi connectivity index (χ4n) is 1.46. The van der Waals surface area contributed by atoms with E-state index in [4.69, 9.17) is 10.5 Å². The van der Waals surface area contributed by atoms with Gasteiger partial charge < -0.3 is 15.8 Å². The molecule has 3 N–H and O–H groups in total. The van der Waals surface area contributed by atoms with Gasteiger partial charge in [-0.25, -0.2) is 9.97 Å². The summed E-state index contributed by atoms with van der Waals surface area (Å²) < 4.78 is 5.57. The average molecular weight is 276 g/mol. The minimum absolute atomic E-state index is 0.558. The van der Waals surface area contributed by atoms with Crippen LogP contribution in [0.5, 0.6) is 5.75 Å². The van der Waals surface area contributed by atoms with Gasteiger partial charge in [0.25, 0.3) is 0 Å². The maximum atomic E-state index is 5.60. The zero-order valence-electron chi connectivity index (χ0n) is 10.7. The highest BCUT2D eigenvalue weighted by molar-refractivity contribution is 7.98. The van der Waals surface area contributed by atoms with Crippen LogP contribution in [0.25, 0.3) is 0 Å². The van der Waals surface area contributed by atoms with Crippen molar-refractivity contribution < 1.29 is 4.74 Å². The van der Waals surface area contributed by atoms with E-state index in [1.54, 1.807) is 18.1 Å². The molecule has 0 saturated carbocycles. The van der Waals surface area contributed by atoms with Gasteiger partial charge in [-0.2, -0.15) is 0 Å². The van der Waals surface area contributed by atoms with E-state index in [0.29, 0.717) is 13.2 Å². The molecule has 100 valence electrons. The van der Waals surface area contributed by atoms with E-state index in [2.05, 4.69) is 15.3 Å². The van der Waals surface area contributed by atoms with E-state index in [1.807, 2.05) is 36.6 Å². The lowest BCUT2D eigenvalue weighted by molar-refractivity contribution is 0.333. The number of ether oxygens (including phenoxy) is 1. The van der Waals surface area contributed by atoms with Gasteiger partial charge in [0.05, 0.1) is 6.54 Å². The Kier molecular flexibility index (Phi) is 4.85. The highest BCUT2D eigenvalue weighted by atomic mass is 32.2. The first-order valence-electron chi connectivity index (χ1n) is 5.86. The smallest absolute Gasteiger partial charge is 0.130 e. The molecule has 5 nitrogen and oxygen atoms in total. The zero-order valence-corrected chi connectivity index (χ0v) is 11.5. The molecule has 2 aromatic rings. The molecule has 1 aromatic heterocycles. The summed E-state index contributed by atoms with van der Waals surface area (Å²) in [6.07, 6.45) is 3.53. The van der Waals surface area contributed by atoms with Crippen molar-refractivity contribution in [1.29, 1.82) is 0 Å². The number of aromatic nitrogens is 2. The number of anilines is 2. The van der Waals surface area contributed by atoms with Gasteiger partial charge in [0.15, 0.2) is 0 Å². The SMILES string of the molecule is CSc1cc(NCCOc2ccc(N)cc2)ncn1. The Morgan fingerprint density at radius 3 is 2.79 bits per heavy atom. The van der Waals surface area contributed by atoms with Crippen molar-refractivity contribution in [3.05, 3.63) is 36.7 Å². The molecule has 19 heavy (non-hydrogen) atoms. The molecule has 1 heterocycles. The molecule has 6 heteroatoms. The van der Waals surface area contributed by atoms with Crippen molar-refractivity contribution in [1.82, 2.24) is 9.97 Å². The minimum Gasteiger partial charge on any atom is -0.492 e. The number of rotatable bonds is 6. The van der Waals surface area contributed by atoms with Crippen LogP contribution in [-0.2, 0) is 0 Å². The first-order valence-corrected chi connectivity index (χ1v) is 7.08. The van der Waals surface area contributed by atoms with Gasteiger partial charge in [0.1, 0.15) is 29.5 Å². The lowest BCUT2D eigenvalue weighted by atomic mass is 10.3. The van der Waals surface area contributed by atoms with Crippen molar-refractivity contribution >= 4 is 23.3 Å². The Hall–Kier alpha value is -1.95. The Labute approximate surface area is 116 Å². The van der Waals surface area contributed by atoms with E-state index < -0.39 is 0 Å². The van der Waals surface area contributed by atoms with Crippen LogP contribution in [-0.4, -0.2) is 29.4 Å². The number of hydrogen-bond donors (Lipinski definition) is 2. The maximum absolute atomic E-state index is 5.60. The third kappa shape index (κ3) is 4.33. The van der Waals surface area contributed by atoms with Crippen LogP contribution in [0.4, 0.5) is 11.5 Å². The van der Waals surface area contributed by atoms with Crippen LogP contribution in [0.3, 0.4) is 0 Å². The molecule has 2 rings (SSSR count). The van der Waals surface area contributed by atoms with Gasteiger partial charge in [-0.05, 0) is 30.5 Å². The molecule has 0 amide bonds. The molecule has 0 aliphatic carbocycles. The van der Waals surface area contributed by atoms with Crippen molar-refractivity contribution in [3.8, 4) is 5.75 Å². The topological polar surface area (TPSA) is 73.1 Å². The third-order valence-electron chi connectivity index (χ3n) is 2.41. The van der Waals surface area contributed by atoms with Gasteiger partial charge >= 0.3 is 0 Å². The van der Waals surface area contributed by atoms with Crippen molar-refractivity contribution in [2.45, 2.75) is 5.03 Å². The highest BCUT2D eigenvalue weighted by Crippen LogP contribution is 2.14. The zero-order chi connectivity index (χ0) is 13.5. The van der Waals surface area contributed by atoms with E-state index >= 15 is 0 Å². The Balaban J connectivity index is 1.75. The molecule has 0 saturated heterocycles. The number of nitrogens with two attached hydrogens (primary N) is 1. The number of benzene rings is 1.